The minimum Gasteiger partial charge on any atom is -0.377 e. The quantitative estimate of drug-likeness (QED) is 0.653. The van der Waals surface area contributed by atoms with Crippen molar-refractivity contribution >= 4 is 0 Å². The zero-order valence-corrected chi connectivity index (χ0v) is 7.69. The molecule has 0 aromatic rings. The summed E-state index contributed by atoms with van der Waals surface area (Å²) in [6, 6.07) is 0. The third-order valence-corrected chi connectivity index (χ3v) is 2.49. The van der Waals surface area contributed by atoms with Gasteiger partial charge in [-0.3, -0.25) is 0 Å². The highest BCUT2D eigenvalue weighted by atomic mass is 16.5. The van der Waals surface area contributed by atoms with Crippen LogP contribution in [0.1, 0.15) is 34.1 Å². The van der Waals surface area contributed by atoms with E-state index in [9.17, 15) is 0 Å². The standard InChI is InChI=1S/C8H19NO/c1-6-8(4,10-5)7(2,3)9/h6,9H2,1-5H3. The largest absolute Gasteiger partial charge is 0.377 e. The van der Waals surface area contributed by atoms with Crippen LogP contribution in [-0.2, 0) is 4.74 Å². The number of methoxy groups -OCH3 is 1. The minimum absolute atomic E-state index is 0.201. The second-order valence-corrected chi connectivity index (χ2v) is 3.51. The summed E-state index contributed by atoms with van der Waals surface area (Å²) in [5.41, 5.74) is 5.44. The molecule has 0 aromatic carbocycles. The van der Waals surface area contributed by atoms with Crippen molar-refractivity contribution in [2.45, 2.75) is 45.3 Å². The van der Waals surface area contributed by atoms with Gasteiger partial charge >= 0.3 is 0 Å². The molecule has 0 aliphatic rings. The highest BCUT2D eigenvalue weighted by molar-refractivity contribution is 4.94. The predicted molar refractivity (Wildman–Crippen MR) is 44.0 cm³/mol. The third kappa shape index (κ3) is 1.70. The van der Waals surface area contributed by atoms with Crippen LogP contribution in [0.4, 0.5) is 0 Å². The van der Waals surface area contributed by atoms with Crippen molar-refractivity contribution in [2.24, 2.45) is 5.73 Å². The summed E-state index contributed by atoms with van der Waals surface area (Å²) in [6.45, 7) is 8.09. The maximum atomic E-state index is 5.91. The van der Waals surface area contributed by atoms with Gasteiger partial charge in [0.25, 0.3) is 0 Å². The summed E-state index contributed by atoms with van der Waals surface area (Å²) in [7, 11) is 1.71. The van der Waals surface area contributed by atoms with Crippen molar-refractivity contribution in [1.29, 1.82) is 0 Å². The molecule has 0 rings (SSSR count). The van der Waals surface area contributed by atoms with Crippen LogP contribution in [-0.4, -0.2) is 18.2 Å². The lowest BCUT2D eigenvalue weighted by molar-refractivity contribution is -0.0482. The van der Waals surface area contributed by atoms with E-state index in [1.165, 1.54) is 0 Å². The summed E-state index contributed by atoms with van der Waals surface area (Å²) in [5.74, 6) is 0. The maximum Gasteiger partial charge on any atom is 0.0821 e. The van der Waals surface area contributed by atoms with Crippen LogP contribution in [0.5, 0.6) is 0 Å². The number of nitrogens with two attached hydrogens (primary N) is 1. The smallest absolute Gasteiger partial charge is 0.0821 e. The van der Waals surface area contributed by atoms with Crippen LogP contribution in [0.15, 0.2) is 0 Å². The number of rotatable bonds is 3. The summed E-state index contributed by atoms with van der Waals surface area (Å²) < 4.78 is 5.33. The van der Waals surface area contributed by atoms with Gasteiger partial charge in [0, 0.05) is 12.6 Å². The van der Waals surface area contributed by atoms with Crippen molar-refractivity contribution in [1.82, 2.24) is 0 Å². The van der Waals surface area contributed by atoms with E-state index >= 15 is 0 Å². The number of hydrogen-bond acceptors (Lipinski definition) is 2. The molecule has 0 heterocycles. The summed E-state index contributed by atoms with van der Waals surface area (Å²) >= 11 is 0. The van der Waals surface area contributed by atoms with Crippen molar-refractivity contribution in [2.75, 3.05) is 7.11 Å². The topological polar surface area (TPSA) is 35.2 Å². The molecule has 0 aliphatic heterocycles. The molecule has 10 heavy (non-hydrogen) atoms. The molecule has 0 fully saturated rings. The minimum atomic E-state index is -0.267. The Balaban J connectivity index is 4.33. The Morgan fingerprint density at radius 2 is 1.70 bits per heavy atom. The molecule has 0 radical (unpaired) electrons. The number of ether oxygens (including phenoxy) is 1. The molecule has 0 aromatic heterocycles. The van der Waals surface area contributed by atoms with Crippen LogP contribution in [0.25, 0.3) is 0 Å². The van der Waals surface area contributed by atoms with Gasteiger partial charge in [0.15, 0.2) is 0 Å². The molecule has 2 nitrogen and oxygen atoms in total. The molecule has 0 aliphatic carbocycles. The lowest BCUT2D eigenvalue weighted by Crippen LogP contribution is -2.55. The van der Waals surface area contributed by atoms with Crippen LogP contribution >= 0.6 is 0 Å². The SMILES string of the molecule is CCC(C)(OC)C(C)(C)N. The molecule has 0 saturated heterocycles. The summed E-state index contributed by atoms with van der Waals surface area (Å²) in [4.78, 5) is 0. The first-order valence-corrected chi connectivity index (χ1v) is 3.71. The maximum absolute atomic E-state index is 5.91. The number of hydrogen-bond donors (Lipinski definition) is 1. The van der Waals surface area contributed by atoms with Gasteiger partial charge in [0.05, 0.1) is 5.60 Å². The summed E-state index contributed by atoms with van der Waals surface area (Å²) in [5, 5.41) is 0. The molecule has 0 spiro atoms. The van der Waals surface area contributed by atoms with Crippen molar-refractivity contribution in [3.8, 4) is 0 Å². The van der Waals surface area contributed by atoms with E-state index in [4.69, 9.17) is 10.5 Å². The monoisotopic (exact) mass is 145 g/mol. The Morgan fingerprint density at radius 1 is 1.30 bits per heavy atom. The lowest BCUT2D eigenvalue weighted by Gasteiger charge is -2.39. The van der Waals surface area contributed by atoms with Crippen molar-refractivity contribution in [3.63, 3.8) is 0 Å². The van der Waals surface area contributed by atoms with E-state index in [1.807, 2.05) is 20.8 Å². The Hall–Kier alpha value is -0.0800. The molecule has 1 atom stereocenters. The Labute approximate surface area is 63.7 Å². The molecule has 62 valence electrons. The first-order chi connectivity index (χ1) is 4.37. The normalized spacial score (nSPS) is 18.6. The molecule has 2 N–H and O–H groups in total. The van der Waals surface area contributed by atoms with Gasteiger partial charge < -0.3 is 10.5 Å². The first kappa shape index (κ1) is 9.92. The van der Waals surface area contributed by atoms with Crippen molar-refractivity contribution in [3.05, 3.63) is 0 Å². The van der Waals surface area contributed by atoms with Crippen LogP contribution in [0, 0.1) is 0 Å². The van der Waals surface area contributed by atoms with E-state index in [-0.39, 0.29) is 11.1 Å². The second kappa shape index (κ2) is 2.89. The fourth-order valence-corrected chi connectivity index (χ4v) is 0.863. The average Bonchev–Trinajstić information content (AvgIpc) is 1.84. The highest BCUT2D eigenvalue weighted by Crippen LogP contribution is 2.25. The zero-order chi connectivity index (χ0) is 8.41. The van der Waals surface area contributed by atoms with E-state index in [0.717, 1.165) is 6.42 Å². The molecule has 0 amide bonds. The van der Waals surface area contributed by atoms with Gasteiger partial charge in [-0.05, 0) is 27.2 Å². The lowest BCUT2D eigenvalue weighted by atomic mass is 9.83. The van der Waals surface area contributed by atoms with E-state index in [2.05, 4.69) is 6.92 Å². The van der Waals surface area contributed by atoms with Crippen LogP contribution < -0.4 is 5.73 Å². The molecule has 1 unspecified atom stereocenters. The van der Waals surface area contributed by atoms with Gasteiger partial charge in [-0.1, -0.05) is 6.92 Å². The summed E-state index contributed by atoms with van der Waals surface area (Å²) in [6.07, 6.45) is 0.938. The van der Waals surface area contributed by atoms with E-state index in [1.54, 1.807) is 7.11 Å². The van der Waals surface area contributed by atoms with Gasteiger partial charge in [-0.25, -0.2) is 0 Å². The second-order valence-electron chi connectivity index (χ2n) is 3.51. The molecule has 0 saturated carbocycles. The Bertz CT molecular complexity index is 100. The van der Waals surface area contributed by atoms with E-state index < -0.39 is 0 Å². The molecule has 2 heteroatoms. The third-order valence-electron chi connectivity index (χ3n) is 2.49. The predicted octanol–water partition coefficient (Wildman–Crippen LogP) is 1.54. The van der Waals surface area contributed by atoms with Gasteiger partial charge in [0.1, 0.15) is 0 Å². The molecule has 0 bridgehead atoms. The molecular formula is C8H19NO. The van der Waals surface area contributed by atoms with Crippen molar-refractivity contribution < 1.29 is 4.74 Å². The van der Waals surface area contributed by atoms with Gasteiger partial charge in [0.2, 0.25) is 0 Å². The highest BCUT2D eigenvalue weighted by Gasteiger charge is 2.36. The fourth-order valence-electron chi connectivity index (χ4n) is 0.863. The fraction of sp³-hybridized carbons (Fsp3) is 1.00. The Morgan fingerprint density at radius 3 is 1.70 bits per heavy atom. The van der Waals surface area contributed by atoms with Crippen LogP contribution in [0.3, 0.4) is 0 Å². The van der Waals surface area contributed by atoms with Gasteiger partial charge in [-0.15, -0.1) is 0 Å². The molecular weight excluding hydrogens is 126 g/mol. The van der Waals surface area contributed by atoms with Gasteiger partial charge in [-0.2, -0.15) is 0 Å². The average molecular weight is 145 g/mol. The first-order valence-electron chi connectivity index (χ1n) is 3.71. The zero-order valence-electron chi connectivity index (χ0n) is 7.69. The van der Waals surface area contributed by atoms with E-state index in [0.29, 0.717) is 0 Å². The Kier molecular flexibility index (Phi) is 2.86. The van der Waals surface area contributed by atoms with Crippen LogP contribution in [0.2, 0.25) is 0 Å².